The first-order chi connectivity index (χ1) is 8.33. The minimum atomic E-state index is -0.740. The maximum Gasteiger partial charge on any atom is 0.0830 e. The molecule has 0 heterocycles. The van der Waals surface area contributed by atoms with E-state index in [1.807, 2.05) is 42.5 Å². The van der Waals surface area contributed by atoms with Crippen molar-refractivity contribution in [1.29, 1.82) is 0 Å². The molecular formula is C12H15N3O2. The smallest absolute Gasteiger partial charge is 0.0830 e. The fourth-order valence-electron chi connectivity index (χ4n) is 1.20. The van der Waals surface area contributed by atoms with E-state index in [1.165, 1.54) is 0 Å². The molecule has 0 aliphatic rings. The molecule has 0 aromatic heterocycles. The second-order valence-corrected chi connectivity index (χ2v) is 3.42. The first kappa shape index (κ1) is 13.3. The van der Waals surface area contributed by atoms with Crippen molar-refractivity contribution in [3.63, 3.8) is 0 Å². The Labute approximate surface area is 100.0 Å². The molecule has 17 heavy (non-hydrogen) atoms. The molecule has 5 nitrogen and oxygen atoms in total. The summed E-state index contributed by atoms with van der Waals surface area (Å²) < 4.78 is 5.19. The number of aliphatic hydroxyl groups excluding tert-OH is 1. The van der Waals surface area contributed by atoms with Gasteiger partial charge < -0.3 is 9.84 Å². The lowest BCUT2D eigenvalue weighted by molar-refractivity contribution is 0.0545. The van der Waals surface area contributed by atoms with Gasteiger partial charge in [0.1, 0.15) is 0 Å². The second-order valence-electron chi connectivity index (χ2n) is 3.42. The van der Waals surface area contributed by atoms with Crippen LogP contribution in [0.4, 0.5) is 0 Å². The summed E-state index contributed by atoms with van der Waals surface area (Å²) >= 11 is 0. The summed E-state index contributed by atoms with van der Waals surface area (Å²) in [4.78, 5) is 2.56. The van der Waals surface area contributed by atoms with Crippen molar-refractivity contribution in [3.05, 3.63) is 52.4 Å². The van der Waals surface area contributed by atoms with E-state index in [2.05, 4.69) is 10.0 Å². The van der Waals surface area contributed by atoms with E-state index in [4.69, 9.17) is 10.3 Å². The molecule has 1 rings (SSSR count). The quantitative estimate of drug-likeness (QED) is 0.339. The topological polar surface area (TPSA) is 78.2 Å². The fourth-order valence-corrected chi connectivity index (χ4v) is 1.20. The molecule has 5 heteroatoms. The van der Waals surface area contributed by atoms with Crippen LogP contribution in [0.25, 0.3) is 16.5 Å². The predicted octanol–water partition coefficient (Wildman–Crippen LogP) is 2.39. The third kappa shape index (κ3) is 6.37. The molecule has 0 aliphatic carbocycles. The molecule has 0 fully saturated rings. The van der Waals surface area contributed by atoms with E-state index >= 15 is 0 Å². The van der Waals surface area contributed by atoms with Crippen molar-refractivity contribution in [2.24, 2.45) is 5.11 Å². The highest BCUT2D eigenvalue weighted by Crippen LogP contribution is 2.00. The molecule has 0 radical (unpaired) electrons. The van der Waals surface area contributed by atoms with Crippen LogP contribution < -0.4 is 0 Å². The van der Waals surface area contributed by atoms with Crippen LogP contribution in [0.2, 0.25) is 0 Å². The summed E-state index contributed by atoms with van der Waals surface area (Å²) in [5.41, 5.74) is 9.15. The number of ether oxygens (including phenoxy) is 1. The molecule has 1 unspecified atom stereocenters. The van der Waals surface area contributed by atoms with E-state index in [0.717, 1.165) is 5.56 Å². The number of aliphatic hydroxyl groups is 1. The average molecular weight is 233 g/mol. The van der Waals surface area contributed by atoms with Crippen LogP contribution in [0.5, 0.6) is 0 Å². The second kappa shape index (κ2) is 8.35. The van der Waals surface area contributed by atoms with Gasteiger partial charge in [-0.25, -0.2) is 0 Å². The van der Waals surface area contributed by atoms with Crippen molar-refractivity contribution in [2.45, 2.75) is 6.10 Å². The Morgan fingerprint density at radius 1 is 1.41 bits per heavy atom. The summed E-state index contributed by atoms with van der Waals surface area (Å²) in [5.74, 6) is 0. The molecular weight excluding hydrogens is 218 g/mol. The molecule has 0 aliphatic heterocycles. The molecule has 90 valence electrons. The third-order valence-electron chi connectivity index (χ3n) is 1.99. The van der Waals surface area contributed by atoms with E-state index < -0.39 is 6.10 Å². The summed E-state index contributed by atoms with van der Waals surface area (Å²) in [5, 5.41) is 12.5. The summed E-state index contributed by atoms with van der Waals surface area (Å²) in [6, 6.07) is 9.87. The van der Waals surface area contributed by atoms with Crippen molar-refractivity contribution in [3.8, 4) is 0 Å². The van der Waals surface area contributed by atoms with Gasteiger partial charge in [0.05, 0.1) is 25.9 Å². The van der Waals surface area contributed by atoms with Gasteiger partial charge in [-0.05, 0) is 11.1 Å². The molecule has 0 saturated carbocycles. The van der Waals surface area contributed by atoms with Crippen molar-refractivity contribution < 1.29 is 9.84 Å². The standard InChI is InChI=1S/C12H15N3O2/c13-15-14-9-12(16)10-17-8-4-7-11-5-2-1-3-6-11/h1-7,12,16H,8-10H2/b7-4+. The summed E-state index contributed by atoms with van der Waals surface area (Å²) in [6.45, 7) is 0.624. The molecule has 0 amide bonds. The predicted molar refractivity (Wildman–Crippen MR) is 66.3 cm³/mol. The molecule has 1 aromatic carbocycles. The van der Waals surface area contributed by atoms with Crippen LogP contribution in [0.15, 0.2) is 41.5 Å². The van der Waals surface area contributed by atoms with Gasteiger partial charge in [0, 0.05) is 4.91 Å². The number of hydrogen-bond donors (Lipinski definition) is 1. The first-order valence-corrected chi connectivity index (χ1v) is 5.31. The van der Waals surface area contributed by atoms with Gasteiger partial charge in [0.15, 0.2) is 0 Å². The Morgan fingerprint density at radius 3 is 2.88 bits per heavy atom. The van der Waals surface area contributed by atoms with Gasteiger partial charge in [-0.2, -0.15) is 0 Å². The number of hydrogen-bond acceptors (Lipinski definition) is 3. The number of azide groups is 1. The summed E-state index contributed by atoms with van der Waals surface area (Å²) in [7, 11) is 0. The third-order valence-corrected chi connectivity index (χ3v) is 1.99. The van der Waals surface area contributed by atoms with E-state index in [1.54, 1.807) is 0 Å². The van der Waals surface area contributed by atoms with Gasteiger partial charge in [-0.15, -0.1) is 0 Å². The lowest BCUT2D eigenvalue weighted by Crippen LogP contribution is -2.18. The van der Waals surface area contributed by atoms with Crippen LogP contribution >= 0.6 is 0 Å². The highest BCUT2D eigenvalue weighted by atomic mass is 16.5. The highest BCUT2D eigenvalue weighted by Gasteiger charge is 2.00. The van der Waals surface area contributed by atoms with Crippen molar-refractivity contribution in [2.75, 3.05) is 19.8 Å². The normalized spacial score (nSPS) is 12.3. The molecule has 1 aromatic rings. The Bertz CT molecular complexity index is 386. The van der Waals surface area contributed by atoms with Crippen LogP contribution in [-0.2, 0) is 4.74 Å². The minimum absolute atomic E-state index is 0.0406. The van der Waals surface area contributed by atoms with Gasteiger partial charge in [-0.1, -0.05) is 47.6 Å². The molecule has 0 bridgehead atoms. The lowest BCUT2D eigenvalue weighted by atomic mass is 10.2. The Balaban J connectivity index is 2.16. The molecule has 0 saturated heterocycles. The Morgan fingerprint density at radius 2 is 2.18 bits per heavy atom. The first-order valence-electron chi connectivity index (χ1n) is 5.31. The van der Waals surface area contributed by atoms with Crippen LogP contribution in [0, 0.1) is 0 Å². The maximum absolute atomic E-state index is 9.28. The lowest BCUT2D eigenvalue weighted by Gasteiger charge is -2.06. The number of benzene rings is 1. The van der Waals surface area contributed by atoms with Crippen molar-refractivity contribution in [1.82, 2.24) is 0 Å². The zero-order valence-electron chi connectivity index (χ0n) is 9.44. The Hall–Kier alpha value is -1.81. The van der Waals surface area contributed by atoms with E-state index in [-0.39, 0.29) is 13.2 Å². The van der Waals surface area contributed by atoms with Gasteiger partial charge >= 0.3 is 0 Å². The SMILES string of the molecule is [N-]=[N+]=NCC(O)COC/C=C/c1ccccc1. The largest absolute Gasteiger partial charge is 0.391 e. The van der Waals surface area contributed by atoms with E-state index in [0.29, 0.717) is 6.61 Å². The molecule has 1 N–H and O–H groups in total. The van der Waals surface area contributed by atoms with Crippen LogP contribution in [0.1, 0.15) is 5.56 Å². The fraction of sp³-hybridized carbons (Fsp3) is 0.333. The molecule has 0 spiro atoms. The monoisotopic (exact) mass is 233 g/mol. The highest BCUT2D eigenvalue weighted by molar-refractivity contribution is 5.48. The Kier molecular flexibility index (Phi) is 6.51. The number of nitrogens with zero attached hydrogens (tertiary/aromatic N) is 3. The van der Waals surface area contributed by atoms with Gasteiger partial charge in [0.25, 0.3) is 0 Å². The van der Waals surface area contributed by atoms with Gasteiger partial charge in [0.2, 0.25) is 0 Å². The summed E-state index contributed by atoms with van der Waals surface area (Å²) in [6.07, 6.45) is 3.08. The van der Waals surface area contributed by atoms with Crippen LogP contribution in [-0.4, -0.2) is 31.0 Å². The van der Waals surface area contributed by atoms with Crippen molar-refractivity contribution >= 4 is 6.08 Å². The maximum atomic E-state index is 9.28. The minimum Gasteiger partial charge on any atom is -0.391 e. The zero-order valence-corrected chi connectivity index (χ0v) is 9.44. The average Bonchev–Trinajstić information content (AvgIpc) is 2.37. The molecule has 1 atom stereocenters. The van der Waals surface area contributed by atoms with E-state index in [9.17, 15) is 5.11 Å². The van der Waals surface area contributed by atoms with Gasteiger partial charge in [-0.3, -0.25) is 0 Å². The van der Waals surface area contributed by atoms with Crippen LogP contribution in [0.3, 0.4) is 0 Å². The number of rotatable bonds is 7. The zero-order chi connectivity index (χ0) is 12.3.